The molecular weight excluding hydrogens is 88.1 g/mol. The van der Waals surface area contributed by atoms with Crippen LogP contribution in [0.2, 0.25) is 0 Å². The van der Waals surface area contributed by atoms with Crippen molar-refractivity contribution in [1.29, 1.82) is 0 Å². The lowest BCUT2D eigenvalue weighted by molar-refractivity contribution is 0.459. The van der Waals surface area contributed by atoms with Crippen molar-refractivity contribution in [2.75, 3.05) is 0 Å². The quantitative estimate of drug-likeness (QED) is 0.426. The van der Waals surface area contributed by atoms with Crippen LogP contribution in [0.5, 0.6) is 0 Å². The fourth-order valence-corrected chi connectivity index (χ4v) is 1.03. The Kier molecular flexibility index (Phi) is 1.05. The summed E-state index contributed by atoms with van der Waals surface area (Å²) in [7, 11) is 0. The van der Waals surface area contributed by atoms with Gasteiger partial charge in [-0.15, -0.1) is 0 Å². The summed E-state index contributed by atoms with van der Waals surface area (Å²) in [5.41, 5.74) is 10.8. The maximum absolute atomic E-state index is 5.56. The van der Waals surface area contributed by atoms with Crippen molar-refractivity contribution in [3.63, 3.8) is 0 Å². The summed E-state index contributed by atoms with van der Waals surface area (Å²) in [4.78, 5) is 0. The first kappa shape index (κ1) is 5.06. The molecule has 0 atom stereocenters. The maximum atomic E-state index is 5.56. The molecule has 2 heteroatoms. The van der Waals surface area contributed by atoms with Gasteiger partial charge in [-0.2, -0.15) is 0 Å². The Hall–Kier alpha value is -0.0800. The minimum Gasteiger partial charge on any atom is -0.313 e. The van der Waals surface area contributed by atoms with Gasteiger partial charge in [0.25, 0.3) is 0 Å². The molecule has 1 saturated carbocycles. The van der Waals surface area contributed by atoms with E-state index in [1.807, 2.05) is 0 Å². The van der Waals surface area contributed by atoms with Gasteiger partial charge in [-0.25, -0.2) is 0 Å². The molecule has 4 N–H and O–H groups in total. The largest absolute Gasteiger partial charge is 0.313 e. The summed E-state index contributed by atoms with van der Waals surface area (Å²) in [6, 6.07) is 0. The molecule has 0 spiro atoms. The van der Waals surface area contributed by atoms with Crippen LogP contribution in [0.1, 0.15) is 25.7 Å². The van der Waals surface area contributed by atoms with Crippen molar-refractivity contribution in [2.45, 2.75) is 31.3 Å². The Morgan fingerprint density at radius 2 is 1.43 bits per heavy atom. The zero-order valence-electron chi connectivity index (χ0n) is 4.48. The summed E-state index contributed by atoms with van der Waals surface area (Å²) in [6.07, 6.45) is 4.44. The first-order valence-electron chi connectivity index (χ1n) is 2.78. The topological polar surface area (TPSA) is 52.0 Å². The SMILES string of the molecule is NC1(N)CCCC1. The van der Waals surface area contributed by atoms with E-state index in [1.54, 1.807) is 0 Å². The van der Waals surface area contributed by atoms with Crippen LogP contribution >= 0.6 is 0 Å². The van der Waals surface area contributed by atoms with E-state index in [0.717, 1.165) is 12.8 Å². The van der Waals surface area contributed by atoms with Gasteiger partial charge in [0.15, 0.2) is 0 Å². The second-order valence-corrected chi connectivity index (χ2v) is 2.44. The minimum absolute atomic E-state index is 0.306. The molecule has 0 bridgehead atoms. The third-order valence-electron chi connectivity index (χ3n) is 1.53. The van der Waals surface area contributed by atoms with Crippen molar-refractivity contribution in [2.24, 2.45) is 11.5 Å². The number of hydrogen-bond acceptors (Lipinski definition) is 2. The van der Waals surface area contributed by atoms with Gasteiger partial charge in [-0.05, 0) is 12.8 Å². The van der Waals surface area contributed by atoms with E-state index in [-0.39, 0.29) is 5.66 Å². The van der Waals surface area contributed by atoms with Crippen LogP contribution in [-0.4, -0.2) is 5.66 Å². The second-order valence-electron chi connectivity index (χ2n) is 2.44. The molecule has 0 amide bonds. The molecule has 42 valence electrons. The van der Waals surface area contributed by atoms with E-state index in [4.69, 9.17) is 11.5 Å². The van der Waals surface area contributed by atoms with Gasteiger partial charge in [0.1, 0.15) is 0 Å². The fraction of sp³-hybridized carbons (Fsp3) is 1.00. The third-order valence-corrected chi connectivity index (χ3v) is 1.53. The molecule has 0 aliphatic heterocycles. The molecule has 1 aliphatic carbocycles. The highest BCUT2D eigenvalue weighted by atomic mass is 15.0. The monoisotopic (exact) mass is 100 g/mol. The molecule has 7 heavy (non-hydrogen) atoms. The summed E-state index contributed by atoms with van der Waals surface area (Å²) in [5, 5.41) is 0. The molecule has 0 saturated heterocycles. The first-order chi connectivity index (χ1) is 3.21. The van der Waals surface area contributed by atoms with Crippen molar-refractivity contribution in [1.82, 2.24) is 0 Å². The smallest absolute Gasteiger partial charge is 0.0636 e. The van der Waals surface area contributed by atoms with Crippen LogP contribution in [0.25, 0.3) is 0 Å². The highest BCUT2D eigenvalue weighted by Crippen LogP contribution is 2.21. The predicted molar refractivity (Wildman–Crippen MR) is 29.6 cm³/mol. The average molecular weight is 100 g/mol. The van der Waals surface area contributed by atoms with Gasteiger partial charge in [0, 0.05) is 0 Å². The van der Waals surface area contributed by atoms with E-state index in [0.29, 0.717) is 0 Å². The zero-order valence-corrected chi connectivity index (χ0v) is 4.48. The molecule has 2 nitrogen and oxygen atoms in total. The molecular formula is C5H12N2. The van der Waals surface area contributed by atoms with Crippen molar-refractivity contribution in [3.05, 3.63) is 0 Å². The van der Waals surface area contributed by atoms with E-state index in [2.05, 4.69) is 0 Å². The molecule has 1 aliphatic rings. The van der Waals surface area contributed by atoms with Gasteiger partial charge in [0.2, 0.25) is 0 Å². The number of rotatable bonds is 0. The lowest BCUT2D eigenvalue weighted by atomic mass is 10.2. The molecule has 0 radical (unpaired) electrons. The molecule has 0 heterocycles. The Morgan fingerprint density at radius 3 is 1.57 bits per heavy atom. The van der Waals surface area contributed by atoms with Crippen molar-refractivity contribution >= 4 is 0 Å². The Balaban J connectivity index is 2.40. The normalized spacial score (nSPS) is 28.3. The summed E-state index contributed by atoms with van der Waals surface area (Å²) >= 11 is 0. The number of nitrogens with two attached hydrogens (primary N) is 2. The van der Waals surface area contributed by atoms with Crippen LogP contribution in [0.15, 0.2) is 0 Å². The van der Waals surface area contributed by atoms with Crippen LogP contribution in [0.3, 0.4) is 0 Å². The van der Waals surface area contributed by atoms with Gasteiger partial charge < -0.3 is 11.5 Å². The van der Waals surface area contributed by atoms with Gasteiger partial charge in [-0.1, -0.05) is 12.8 Å². The van der Waals surface area contributed by atoms with E-state index in [1.165, 1.54) is 12.8 Å². The van der Waals surface area contributed by atoms with E-state index >= 15 is 0 Å². The molecule has 1 rings (SSSR count). The molecule has 0 aromatic carbocycles. The Bertz CT molecular complexity index is 60.5. The second kappa shape index (κ2) is 1.46. The first-order valence-corrected chi connectivity index (χ1v) is 2.78. The van der Waals surface area contributed by atoms with Gasteiger partial charge in [-0.3, -0.25) is 0 Å². The zero-order chi connectivity index (χ0) is 5.33. The molecule has 0 aromatic heterocycles. The summed E-state index contributed by atoms with van der Waals surface area (Å²) in [6.45, 7) is 0. The molecule has 0 unspecified atom stereocenters. The predicted octanol–water partition coefficient (Wildman–Crippen LogP) is 0.174. The highest BCUT2D eigenvalue weighted by Gasteiger charge is 2.23. The summed E-state index contributed by atoms with van der Waals surface area (Å²) < 4.78 is 0. The number of hydrogen-bond donors (Lipinski definition) is 2. The Labute approximate surface area is 43.9 Å². The minimum atomic E-state index is -0.306. The van der Waals surface area contributed by atoms with Crippen LogP contribution in [0, 0.1) is 0 Å². The van der Waals surface area contributed by atoms with Crippen molar-refractivity contribution in [3.8, 4) is 0 Å². The maximum Gasteiger partial charge on any atom is 0.0636 e. The van der Waals surface area contributed by atoms with Crippen LogP contribution < -0.4 is 11.5 Å². The van der Waals surface area contributed by atoms with Gasteiger partial charge in [0.05, 0.1) is 5.66 Å². The average Bonchev–Trinajstić information content (AvgIpc) is 1.84. The Morgan fingerprint density at radius 1 is 1.00 bits per heavy atom. The van der Waals surface area contributed by atoms with Gasteiger partial charge >= 0.3 is 0 Å². The van der Waals surface area contributed by atoms with Crippen LogP contribution in [0.4, 0.5) is 0 Å². The van der Waals surface area contributed by atoms with E-state index < -0.39 is 0 Å². The van der Waals surface area contributed by atoms with Crippen LogP contribution in [-0.2, 0) is 0 Å². The third kappa shape index (κ3) is 1.14. The standard InChI is InChI=1S/C5H12N2/c6-5(7)3-1-2-4-5/h1-4,6-7H2. The lowest BCUT2D eigenvalue weighted by Crippen LogP contribution is -2.46. The highest BCUT2D eigenvalue weighted by molar-refractivity contribution is 4.81. The molecule has 1 fully saturated rings. The van der Waals surface area contributed by atoms with Crippen molar-refractivity contribution < 1.29 is 0 Å². The molecule has 0 aromatic rings. The van der Waals surface area contributed by atoms with E-state index in [9.17, 15) is 0 Å². The fourth-order valence-electron chi connectivity index (χ4n) is 1.03. The lowest BCUT2D eigenvalue weighted by Gasteiger charge is -2.14. The summed E-state index contributed by atoms with van der Waals surface area (Å²) in [5.74, 6) is 0.